The van der Waals surface area contributed by atoms with Crippen molar-refractivity contribution >= 4 is 59.4 Å². The summed E-state index contributed by atoms with van der Waals surface area (Å²) in [6.07, 6.45) is -3.09. The van der Waals surface area contributed by atoms with Gasteiger partial charge in [-0.15, -0.1) is 4.73 Å². The van der Waals surface area contributed by atoms with Crippen molar-refractivity contribution in [1.82, 2.24) is 30.9 Å². The second kappa shape index (κ2) is 25.0. The molecular weight excluding hydrogens is 848 g/mol. The molecule has 1 aromatic carbocycles. The van der Waals surface area contributed by atoms with Crippen molar-refractivity contribution in [3.8, 4) is 11.8 Å². The fourth-order valence-electron chi connectivity index (χ4n) is 7.06. The fourth-order valence-corrected chi connectivity index (χ4v) is 7.06. The van der Waals surface area contributed by atoms with Crippen molar-refractivity contribution in [2.45, 2.75) is 102 Å². The quantitative estimate of drug-likeness (QED) is 0.0561. The van der Waals surface area contributed by atoms with E-state index in [1.807, 2.05) is 13.0 Å². The van der Waals surface area contributed by atoms with E-state index in [1.165, 1.54) is 0 Å². The Kier molecular flexibility index (Phi) is 20.0. The minimum Gasteiger partial charge on any atom is -0.492 e. The lowest BCUT2D eigenvalue weighted by molar-refractivity contribution is -0.152. The number of hydrogen-bond donors (Lipinski definition) is 10. The molecule has 23 nitrogen and oxygen atoms in total. The van der Waals surface area contributed by atoms with Gasteiger partial charge in [-0.1, -0.05) is 17.7 Å². The van der Waals surface area contributed by atoms with Crippen molar-refractivity contribution in [3.05, 3.63) is 47.5 Å². The lowest BCUT2D eigenvalue weighted by Crippen LogP contribution is -2.47. The number of aryl methyl sites for hydroxylation is 1. The summed E-state index contributed by atoms with van der Waals surface area (Å²) in [5, 5.41) is 67.2. The zero-order valence-electron chi connectivity index (χ0n) is 35.0. The third-order valence-electron chi connectivity index (χ3n) is 10.1. The second-order valence-corrected chi connectivity index (χ2v) is 15.5. The van der Waals surface area contributed by atoms with Gasteiger partial charge in [-0.05, 0) is 57.6 Å². The number of carboxylic acids is 4. The van der Waals surface area contributed by atoms with Gasteiger partial charge in [0, 0.05) is 74.1 Å². The molecule has 1 aliphatic rings. The topological polar surface area (TPSA) is 358 Å². The average molecular weight is 903 g/mol. The molecule has 1 saturated carbocycles. The first-order valence-electron chi connectivity index (χ1n) is 20.4. The van der Waals surface area contributed by atoms with Gasteiger partial charge in [0.1, 0.15) is 6.54 Å². The number of nitrogens with one attached hydrogen (secondary N) is 4. The monoisotopic (exact) mass is 902 g/mol. The highest BCUT2D eigenvalue weighted by molar-refractivity contribution is 5.94. The summed E-state index contributed by atoms with van der Waals surface area (Å²) in [6.45, 7) is 1.22. The Balaban J connectivity index is 1.55. The van der Waals surface area contributed by atoms with Crippen LogP contribution in [0.25, 0.3) is 0 Å². The maximum atomic E-state index is 13.2. The minimum absolute atomic E-state index is 0.0817. The van der Waals surface area contributed by atoms with Crippen LogP contribution >= 0.6 is 0 Å². The van der Waals surface area contributed by atoms with Crippen molar-refractivity contribution in [1.29, 1.82) is 0 Å². The van der Waals surface area contributed by atoms with Crippen molar-refractivity contribution in [2.24, 2.45) is 11.8 Å². The normalized spacial score (nSPS) is 15.9. The van der Waals surface area contributed by atoms with Crippen LogP contribution in [0.4, 0.5) is 0 Å². The van der Waals surface area contributed by atoms with E-state index in [4.69, 9.17) is 4.84 Å². The Morgan fingerprint density at radius 3 is 1.70 bits per heavy atom. The minimum atomic E-state index is -1.45. The second-order valence-electron chi connectivity index (χ2n) is 15.5. The van der Waals surface area contributed by atoms with Crippen LogP contribution in [0.3, 0.4) is 0 Å². The van der Waals surface area contributed by atoms with Gasteiger partial charge in [0.2, 0.25) is 35.4 Å². The van der Waals surface area contributed by atoms with E-state index in [1.54, 1.807) is 18.2 Å². The van der Waals surface area contributed by atoms with E-state index in [2.05, 4.69) is 21.3 Å². The number of unbranched alkanes of at least 4 members (excludes halogenated alkanes) is 1. The molecule has 0 radical (unpaired) electrons. The summed E-state index contributed by atoms with van der Waals surface area (Å²) in [4.78, 5) is 130. The van der Waals surface area contributed by atoms with E-state index in [0.717, 1.165) is 22.6 Å². The number of aromatic nitrogens is 1. The first-order chi connectivity index (χ1) is 30.2. The molecule has 1 heterocycles. The van der Waals surface area contributed by atoms with Crippen LogP contribution in [-0.2, 0) is 43.2 Å². The van der Waals surface area contributed by atoms with Gasteiger partial charge in [-0.3, -0.25) is 43.2 Å². The third-order valence-corrected chi connectivity index (χ3v) is 10.1. The van der Waals surface area contributed by atoms with Gasteiger partial charge >= 0.3 is 29.8 Å². The molecule has 0 spiro atoms. The predicted octanol–water partition coefficient (Wildman–Crippen LogP) is 0.142. The number of carbonyl (C=O) groups excluding carboxylic acids is 6. The molecule has 0 aliphatic heterocycles. The molecule has 1 fully saturated rings. The first kappa shape index (κ1) is 51.2. The van der Waals surface area contributed by atoms with Crippen LogP contribution in [0.15, 0.2) is 36.4 Å². The van der Waals surface area contributed by atoms with Crippen molar-refractivity contribution < 1.29 is 83.4 Å². The maximum absolute atomic E-state index is 13.2. The molecule has 350 valence electrons. The van der Waals surface area contributed by atoms with Gasteiger partial charge in [0.15, 0.2) is 0 Å². The summed E-state index contributed by atoms with van der Waals surface area (Å²) in [7, 11) is 0. The lowest BCUT2D eigenvalue weighted by atomic mass is 9.81. The summed E-state index contributed by atoms with van der Waals surface area (Å²) in [5.74, 6) is -12.5. The first-order valence-corrected chi connectivity index (χ1v) is 20.4. The summed E-state index contributed by atoms with van der Waals surface area (Å²) < 4.78 is 0.540. The van der Waals surface area contributed by atoms with E-state index in [0.29, 0.717) is 16.7 Å². The van der Waals surface area contributed by atoms with Gasteiger partial charge in [0.25, 0.3) is 5.91 Å². The van der Waals surface area contributed by atoms with Crippen molar-refractivity contribution in [3.63, 3.8) is 0 Å². The molecule has 1 aliphatic carbocycles. The van der Waals surface area contributed by atoms with Crippen LogP contribution in [0.2, 0.25) is 0 Å². The molecular formula is C41H54N6O17. The largest absolute Gasteiger partial charge is 0.492 e. The number of carbonyl (C=O) groups is 10. The number of hydrogen-bond acceptors (Lipinski definition) is 13. The van der Waals surface area contributed by atoms with E-state index < -0.39 is 140 Å². The number of amides is 5. The highest BCUT2D eigenvalue weighted by Crippen LogP contribution is 2.30. The maximum Gasteiger partial charge on any atom is 0.336 e. The number of carboxylic acid groups (broad SMARTS) is 4. The van der Waals surface area contributed by atoms with Gasteiger partial charge in [-0.25, -0.2) is 4.79 Å². The average Bonchev–Trinajstić information content (AvgIpc) is 3.51. The molecule has 5 amide bonds. The Bertz CT molecular complexity index is 2010. The molecule has 3 unspecified atom stereocenters. The highest BCUT2D eigenvalue weighted by Gasteiger charge is 2.34. The predicted molar refractivity (Wildman–Crippen MR) is 218 cm³/mol. The molecule has 2 aromatic rings. The summed E-state index contributed by atoms with van der Waals surface area (Å²) >= 11 is 0. The molecule has 0 bridgehead atoms. The smallest absolute Gasteiger partial charge is 0.336 e. The zero-order chi connectivity index (χ0) is 47.5. The Morgan fingerprint density at radius 1 is 0.672 bits per heavy atom. The highest BCUT2D eigenvalue weighted by atomic mass is 16.7. The number of aromatic hydroxyl groups is 2. The van der Waals surface area contributed by atoms with Gasteiger partial charge in [-0.2, -0.15) is 0 Å². The van der Waals surface area contributed by atoms with E-state index in [-0.39, 0.29) is 51.1 Å². The fraction of sp³-hybridized carbons (Fsp3) is 0.512. The standard InChI is InChI=1S/C41H54N6O17/c1-23-5-4-6-26(15-23)39(61)42-13-2-3-14-46(22-38(59)60)34(52)18-29(21-37(57)58)44-30(48)16-27(19-35(53)54)43-31(49)17-28(20-36(55)56)45-40(62)24-7-9-25(10-8-24)41(63)64-47-32(50)11-12-33(47)51/h4-6,11-12,15,24-25,27-29,50-51H,2-3,7-10,13-14,16-22H2,1H3,(H,42,61)(H,43,49)(H,44,48)(H,45,62)(H,53,54)(H,55,56)(H,57,58)(H,59,60). The molecule has 3 rings (SSSR count). The van der Waals surface area contributed by atoms with Crippen molar-refractivity contribution in [2.75, 3.05) is 19.6 Å². The molecule has 23 heteroatoms. The van der Waals surface area contributed by atoms with Crippen LogP contribution in [0.1, 0.15) is 93.0 Å². The molecule has 64 heavy (non-hydrogen) atoms. The summed E-state index contributed by atoms with van der Waals surface area (Å²) in [6, 6.07) is 5.03. The number of benzene rings is 1. The zero-order valence-corrected chi connectivity index (χ0v) is 35.0. The molecule has 3 atom stereocenters. The molecule has 1 aromatic heterocycles. The Morgan fingerprint density at radius 2 is 1.19 bits per heavy atom. The van der Waals surface area contributed by atoms with Gasteiger partial charge < -0.3 is 61.6 Å². The van der Waals surface area contributed by atoms with Crippen LogP contribution in [-0.4, -0.2) is 137 Å². The van der Waals surface area contributed by atoms with E-state index >= 15 is 0 Å². The lowest BCUT2D eigenvalue weighted by Gasteiger charge is -2.28. The number of rotatable bonds is 26. The number of aliphatic carboxylic acids is 4. The molecule has 0 saturated heterocycles. The van der Waals surface area contributed by atoms with Crippen LogP contribution < -0.4 is 26.1 Å². The van der Waals surface area contributed by atoms with E-state index in [9.17, 15) is 78.6 Å². The third kappa shape index (κ3) is 18.0. The SMILES string of the molecule is Cc1cccc(C(=O)NCCCCN(CC(=O)O)C(=O)CC(CC(=O)O)NC(=O)CC(CC(=O)O)NC(=O)CC(CC(=O)O)NC(=O)C2CCC(C(=O)On3c(O)ccc3O)CC2)c1. The summed E-state index contributed by atoms with van der Waals surface area (Å²) in [5.41, 5.74) is 1.34. The number of nitrogens with zero attached hydrogens (tertiary/aromatic N) is 2. The Labute approximate surface area is 366 Å². The van der Waals surface area contributed by atoms with Crippen LogP contribution in [0, 0.1) is 18.8 Å². The van der Waals surface area contributed by atoms with Gasteiger partial charge in [0.05, 0.1) is 25.2 Å². The van der Waals surface area contributed by atoms with Crippen LogP contribution in [0.5, 0.6) is 11.8 Å². The molecule has 10 N–H and O–H groups in total. The Hall–Kier alpha value is -7.20.